The minimum atomic E-state index is -4.51. The lowest BCUT2D eigenvalue weighted by Gasteiger charge is -2.35. The minimum absolute atomic E-state index is 0.0289. The van der Waals surface area contributed by atoms with Crippen LogP contribution in [0.25, 0.3) is 11.1 Å². The summed E-state index contributed by atoms with van der Waals surface area (Å²) >= 11 is 0. The third-order valence-corrected chi connectivity index (χ3v) is 5.01. The predicted octanol–water partition coefficient (Wildman–Crippen LogP) is 4.69. The van der Waals surface area contributed by atoms with Gasteiger partial charge in [-0.2, -0.15) is 22.0 Å². The van der Waals surface area contributed by atoms with Gasteiger partial charge in [0, 0.05) is 23.4 Å². The van der Waals surface area contributed by atoms with Gasteiger partial charge in [-0.1, -0.05) is 18.2 Å². The van der Waals surface area contributed by atoms with Crippen LogP contribution in [0.15, 0.2) is 60.8 Å². The predicted molar refractivity (Wildman–Crippen MR) is 109 cm³/mol. The molecule has 0 spiro atoms. The fourth-order valence-electron chi connectivity index (χ4n) is 3.26. The van der Waals surface area contributed by atoms with Crippen LogP contribution in [-0.2, 0) is 16.3 Å². The average molecular weight is 502 g/mol. The second-order valence-corrected chi connectivity index (χ2v) is 7.42. The molecule has 186 valence electrons. The van der Waals surface area contributed by atoms with Gasteiger partial charge in [0.25, 0.3) is 0 Å². The summed E-state index contributed by atoms with van der Waals surface area (Å²) in [6.45, 7) is -2.59. The number of carbonyl (C=O) groups is 1. The molecule has 2 aromatic carbocycles. The largest absolute Gasteiger partial charge is 0.484 e. The van der Waals surface area contributed by atoms with E-state index in [1.807, 2.05) is 5.32 Å². The Balaban J connectivity index is 1.90. The standard InChI is InChI=1S/C23H17F7N2O3/c24-16-4-7-18(19(25)9-16)21(34,11-31-13-33)23(29,30)20-8-3-15(10-32-20)14-1-5-17(6-2-14)35-12-22(26,27)28/h1-10,13,34H,11-12H2,(H,31,33)/t21-/m0/s1. The summed E-state index contributed by atoms with van der Waals surface area (Å²) in [4.78, 5) is 14.4. The first kappa shape index (κ1) is 25.9. The van der Waals surface area contributed by atoms with Crippen molar-refractivity contribution in [3.8, 4) is 16.9 Å². The van der Waals surface area contributed by atoms with Crippen molar-refractivity contribution >= 4 is 6.41 Å². The SMILES string of the molecule is O=CNC[C@](O)(c1ccc(F)cc1F)C(F)(F)c1ccc(-c2ccc(OCC(F)(F)F)cc2)cn1. The van der Waals surface area contributed by atoms with Crippen LogP contribution in [0.4, 0.5) is 30.7 Å². The molecule has 35 heavy (non-hydrogen) atoms. The van der Waals surface area contributed by atoms with Crippen LogP contribution in [0.2, 0.25) is 0 Å². The highest BCUT2D eigenvalue weighted by Crippen LogP contribution is 2.45. The van der Waals surface area contributed by atoms with Crippen molar-refractivity contribution < 1.29 is 45.4 Å². The number of rotatable bonds is 9. The Kier molecular flexibility index (Phi) is 7.34. The first-order chi connectivity index (χ1) is 16.4. The van der Waals surface area contributed by atoms with Gasteiger partial charge in [0.2, 0.25) is 6.41 Å². The summed E-state index contributed by atoms with van der Waals surface area (Å²) in [6, 6.07) is 8.98. The summed E-state index contributed by atoms with van der Waals surface area (Å²) in [6.07, 6.45) is -3.46. The van der Waals surface area contributed by atoms with Gasteiger partial charge in [-0.05, 0) is 35.9 Å². The molecule has 3 aromatic rings. The number of hydrogen-bond acceptors (Lipinski definition) is 4. The van der Waals surface area contributed by atoms with Gasteiger partial charge >= 0.3 is 12.1 Å². The summed E-state index contributed by atoms with van der Waals surface area (Å²) in [5.41, 5.74) is -4.55. The lowest BCUT2D eigenvalue weighted by atomic mass is 9.84. The number of carbonyl (C=O) groups excluding carboxylic acids is 1. The fraction of sp³-hybridized carbons (Fsp3) is 0.217. The third-order valence-electron chi connectivity index (χ3n) is 5.01. The zero-order valence-corrected chi connectivity index (χ0v) is 17.6. The van der Waals surface area contributed by atoms with Gasteiger partial charge in [0.05, 0.1) is 6.54 Å². The molecule has 0 aliphatic carbocycles. The van der Waals surface area contributed by atoms with Crippen LogP contribution in [0, 0.1) is 11.6 Å². The molecule has 0 fully saturated rings. The molecule has 12 heteroatoms. The Labute approximate surface area is 194 Å². The quantitative estimate of drug-likeness (QED) is 0.329. The number of nitrogens with one attached hydrogen (secondary N) is 1. The number of benzene rings is 2. The number of hydrogen-bond donors (Lipinski definition) is 2. The summed E-state index contributed by atoms with van der Waals surface area (Å²) in [7, 11) is 0. The molecule has 0 unspecified atom stereocenters. The van der Waals surface area contributed by atoms with E-state index >= 15 is 8.78 Å². The van der Waals surface area contributed by atoms with Crippen molar-refractivity contribution in [1.82, 2.24) is 10.3 Å². The van der Waals surface area contributed by atoms with E-state index < -0.39 is 53.7 Å². The second-order valence-electron chi connectivity index (χ2n) is 7.42. The molecule has 5 nitrogen and oxygen atoms in total. The smallest absolute Gasteiger partial charge is 0.422 e. The van der Waals surface area contributed by atoms with Gasteiger partial charge in [0.15, 0.2) is 12.2 Å². The van der Waals surface area contributed by atoms with E-state index in [-0.39, 0.29) is 12.2 Å². The Morgan fingerprint density at radius 3 is 2.14 bits per heavy atom. The van der Waals surface area contributed by atoms with Crippen molar-refractivity contribution in [3.63, 3.8) is 0 Å². The molecule has 0 radical (unpaired) electrons. The minimum Gasteiger partial charge on any atom is -0.484 e. The number of aromatic nitrogens is 1. The van der Waals surface area contributed by atoms with E-state index in [4.69, 9.17) is 0 Å². The van der Waals surface area contributed by atoms with Gasteiger partial charge in [-0.3, -0.25) is 9.78 Å². The number of amides is 1. The Morgan fingerprint density at radius 1 is 0.943 bits per heavy atom. The third kappa shape index (κ3) is 5.70. The molecule has 0 saturated heterocycles. The number of alkyl halides is 5. The number of nitrogens with zero attached hydrogens (tertiary/aromatic N) is 1. The van der Waals surface area contributed by atoms with E-state index in [0.29, 0.717) is 29.3 Å². The zero-order valence-electron chi connectivity index (χ0n) is 17.6. The van der Waals surface area contributed by atoms with Crippen molar-refractivity contribution in [3.05, 3.63) is 83.7 Å². The van der Waals surface area contributed by atoms with Crippen molar-refractivity contribution in [2.75, 3.05) is 13.2 Å². The Bertz CT molecular complexity index is 1170. The highest BCUT2D eigenvalue weighted by molar-refractivity contribution is 5.63. The maximum atomic E-state index is 15.4. The van der Waals surface area contributed by atoms with Crippen LogP contribution in [0.5, 0.6) is 5.75 Å². The molecule has 1 aromatic heterocycles. The normalized spacial score (nSPS) is 13.7. The van der Waals surface area contributed by atoms with Crippen molar-refractivity contribution in [1.29, 1.82) is 0 Å². The van der Waals surface area contributed by atoms with Gasteiger partial charge < -0.3 is 15.2 Å². The van der Waals surface area contributed by atoms with E-state index in [1.54, 1.807) is 0 Å². The molecule has 0 aliphatic heterocycles. The van der Waals surface area contributed by atoms with E-state index in [2.05, 4.69) is 9.72 Å². The molecule has 1 amide bonds. The first-order valence-corrected chi connectivity index (χ1v) is 9.86. The molecule has 2 N–H and O–H groups in total. The number of halogens is 7. The van der Waals surface area contributed by atoms with Gasteiger partial charge in [-0.25, -0.2) is 8.78 Å². The monoisotopic (exact) mass is 502 g/mol. The lowest BCUT2D eigenvalue weighted by molar-refractivity contribution is -0.196. The highest BCUT2D eigenvalue weighted by Gasteiger charge is 2.57. The fourth-order valence-corrected chi connectivity index (χ4v) is 3.26. The Morgan fingerprint density at radius 2 is 1.60 bits per heavy atom. The van der Waals surface area contributed by atoms with E-state index in [0.717, 1.165) is 12.3 Å². The van der Waals surface area contributed by atoms with Crippen LogP contribution in [-0.4, -0.2) is 35.8 Å². The number of ether oxygens (including phenoxy) is 1. The molecule has 1 heterocycles. The van der Waals surface area contributed by atoms with E-state index in [9.17, 15) is 31.9 Å². The summed E-state index contributed by atoms with van der Waals surface area (Å²) in [5.74, 6) is -6.83. The lowest BCUT2D eigenvalue weighted by Crippen LogP contribution is -2.51. The zero-order chi connectivity index (χ0) is 25.9. The van der Waals surface area contributed by atoms with Gasteiger partial charge in [-0.15, -0.1) is 0 Å². The molecule has 0 aliphatic rings. The van der Waals surface area contributed by atoms with Crippen LogP contribution < -0.4 is 10.1 Å². The molecule has 0 saturated carbocycles. The average Bonchev–Trinajstić information content (AvgIpc) is 2.81. The van der Waals surface area contributed by atoms with Gasteiger partial charge in [0.1, 0.15) is 23.1 Å². The maximum Gasteiger partial charge on any atom is 0.422 e. The molecule has 3 rings (SSSR count). The molecular formula is C23H17F7N2O3. The maximum absolute atomic E-state index is 15.4. The number of pyridine rings is 1. The van der Waals surface area contributed by atoms with E-state index in [1.165, 1.54) is 30.3 Å². The summed E-state index contributed by atoms with van der Waals surface area (Å²) in [5, 5.41) is 12.7. The van der Waals surface area contributed by atoms with Crippen LogP contribution in [0.3, 0.4) is 0 Å². The first-order valence-electron chi connectivity index (χ1n) is 9.86. The number of aliphatic hydroxyl groups is 1. The van der Waals surface area contributed by atoms with Crippen LogP contribution >= 0.6 is 0 Å². The van der Waals surface area contributed by atoms with Crippen molar-refractivity contribution in [2.24, 2.45) is 0 Å². The summed E-state index contributed by atoms with van der Waals surface area (Å²) < 4.78 is 99.8. The topological polar surface area (TPSA) is 71.5 Å². The molecule has 1 atom stereocenters. The van der Waals surface area contributed by atoms with Crippen molar-refractivity contribution in [2.45, 2.75) is 17.7 Å². The Hall–Kier alpha value is -3.67. The molecular weight excluding hydrogens is 485 g/mol. The second kappa shape index (κ2) is 9.90. The molecule has 0 bridgehead atoms. The highest BCUT2D eigenvalue weighted by atomic mass is 19.4. The van der Waals surface area contributed by atoms with Crippen LogP contribution in [0.1, 0.15) is 11.3 Å².